The summed E-state index contributed by atoms with van der Waals surface area (Å²) < 4.78 is 5.53. The standard InChI is InChI=1S/C36H29Br2ClN2O5/c1-16-4-5-20(12-17(16)2)28(42)15-46-36(45)23-14-27(40-33-18(3)26(39)11-10-22(23)33)19-6-8-21(9-7-19)41-34(43)29-24-13-25(30(29)35(41)44)32(38)31(24)37/h4-12,14,24-25,29-32H,13,15H2,1-3H3. The van der Waals surface area contributed by atoms with Crippen molar-refractivity contribution in [3.8, 4) is 11.3 Å². The lowest BCUT2D eigenvalue weighted by atomic mass is 9.81. The molecule has 0 N–H and O–H groups in total. The molecule has 234 valence electrons. The number of benzene rings is 3. The number of imide groups is 1. The fourth-order valence-corrected chi connectivity index (χ4v) is 9.34. The Labute approximate surface area is 287 Å². The number of halogens is 3. The van der Waals surface area contributed by atoms with Gasteiger partial charge in [0.05, 0.1) is 34.3 Å². The quantitative estimate of drug-likeness (QED) is 0.0862. The molecule has 7 rings (SSSR count). The van der Waals surface area contributed by atoms with Crippen molar-refractivity contribution in [1.82, 2.24) is 4.98 Å². The Balaban J connectivity index is 1.18. The molecule has 6 unspecified atom stereocenters. The maximum absolute atomic E-state index is 13.5. The molecule has 46 heavy (non-hydrogen) atoms. The third-order valence-electron chi connectivity index (χ3n) is 9.96. The van der Waals surface area contributed by atoms with Crippen LogP contribution < -0.4 is 4.90 Å². The normalized spacial score (nSPS) is 25.0. The zero-order chi connectivity index (χ0) is 32.6. The predicted octanol–water partition coefficient (Wildman–Crippen LogP) is 7.80. The zero-order valence-electron chi connectivity index (χ0n) is 25.2. The number of carbonyl (C=O) groups excluding carboxylic acids is 4. The molecule has 0 spiro atoms. The van der Waals surface area contributed by atoms with E-state index in [0.29, 0.717) is 44.0 Å². The number of esters is 1. The second-order valence-corrected chi connectivity index (χ2v) is 15.0. The number of ether oxygens (including phenoxy) is 1. The topological polar surface area (TPSA) is 93.6 Å². The van der Waals surface area contributed by atoms with Gasteiger partial charge in [0, 0.05) is 31.2 Å². The molecule has 2 heterocycles. The van der Waals surface area contributed by atoms with Gasteiger partial charge in [-0.15, -0.1) is 0 Å². The number of hydrogen-bond acceptors (Lipinski definition) is 6. The number of aryl methyl sites for hydroxylation is 3. The summed E-state index contributed by atoms with van der Waals surface area (Å²) in [5.41, 5.74) is 5.66. The lowest BCUT2D eigenvalue weighted by Gasteiger charge is -2.28. The molecule has 1 saturated heterocycles. The SMILES string of the molecule is Cc1ccc(C(=O)COC(=O)c2cc(-c3ccc(N4C(=O)C5C6CC(C(Br)C6Br)C5C4=O)cc3)nc3c(C)c(Cl)ccc23)cc1C. The lowest BCUT2D eigenvalue weighted by molar-refractivity contribution is -0.123. The van der Waals surface area contributed by atoms with Crippen LogP contribution in [-0.2, 0) is 14.3 Å². The summed E-state index contributed by atoms with van der Waals surface area (Å²) in [6, 6.07) is 17.5. The number of fused-ring (bicyclic) bond motifs is 6. The van der Waals surface area contributed by atoms with Gasteiger partial charge in [-0.05, 0) is 86.1 Å². The van der Waals surface area contributed by atoms with Crippen LogP contribution in [0.15, 0.2) is 60.7 Å². The molecule has 7 nitrogen and oxygen atoms in total. The average Bonchev–Trinajstić information content (AvgIpc) is 3.67. The van der Waals surface area contributed by atoms with Crippen molar-refractivity contribution in [3.63, 3.8) is 0 Å². The molecule has 6 atom stereocenters. The van der Waals surface area contributed by atoms with Crippen LogP contribution in [0.1, 0.15) is 43.8 Å². The molecule has 0 radical (unpaired) electrons. The summed E-state index contributed by atoms with van der Waals surface area (Å²) in [6.07, 6.45) is 0.868. The highest BCUT2D eigenvalue weighted by Gasteiger charge is 2.66. The van der Waals surface area contributed by atoms with E-state index in [1.165, 1.54) is 4.90 Å². The number of hydrogen-bond donors (Lipinski definition) is 0. The van der Waals surface area contributed by atoms with Crippen molar-refractivity contribution >= 4 is 83.6 Å². The Hall–Kier alpha value is -3.40. The molecule has 2 bridgehead atoms. The number of carbonyl (C=O) groups is 4. The first-order chi connectivity index (χ1) is 22.0. The number of nitrogens with zero attached hydrogens (tertiary/aromatic N) is 2. The van der Waals surface area contributed by atoms with Gasteiger partial charge in [-0.2, -0.15) is 0 Å². The number of rotatable bonds is 6. The fraction of sp³-hybridized carbons (Fsp3) is 0.306. The Morgan fingerprint density at radius 1 is 0.891 bits per heavy atom. The van der Waals surface area contributed by atoms with Crippen LogP contribution in [0.4, 0.5) is 5.69 Å². The van der Waals surface area contributed by atoms with Gasteiger partial charge in [0.2, 0.25) is 11.8 Å². The highest BCUT2D eigenvalue weighted by Crippen LogP contribution is 2.60. The summed E-state index contributed by atoms with van der Waals surface area (Å²) in [5, 5.41) is 1.05. The number of aromatic nitrogens is 1. The van der Waals surface area contributed by atoms with Gasteiger partial charge in [-0.1, -0.05) is 73.8 Å². The summed E-state index contributed by atoms with van der Waals surface area (Å²) in [4.78, 5) is 59.9. The molecule has 10 heteroatoms. The predicted molar refractivity (Wildman–Crippen MR) is 184 cm³/mol. The Kier molecular flexibility index (Phi) is 7.93. The molecule has 3 aromatic carbocycles. The minimum absolute atomic E-state index is 0.131. The first-order valence-electron chi connectivity index (χ1n) is 15.1. The van der Waals surface area contributed by atoms with Crippen LogP contribution >= 0.6 is 43.5 Å². The molecule has 2 aliphatic carbocycles. The largest absolute Gasteiger partial charge is 0.454 e. The first-order valence-corrected chi connectivity index (χ1v) is 17.3. The van der Waals surface area contributed by atoms with Crippen molar-refractivity contribution in [2.45, 2.75) is 36.8 Å². The molecule has 2 saturated carbocycles. The summed E-state index contributed by atoms with van der Waals surface area (Å²) in [6.45, 7) is 5.31. The highest BCUT2D eigenvalue weighted by molar-refractivity contribution is 9.12. The highest BCUT2D eigenvalue weighted by atomic mass is 79.9. The van der Waals surface area contributed by atoms with E-state index in [0.717, 1.165) is 17.5 Å². The molecule has 3 aliphatic rings. The second kappa shape index (κ2) is 11.7. The second-order valence-electron chi connectivity index (χ2n) is 12.5. The molecule has 2 amide bonds. The number of ketones is 1. The molecule has 1 aromatic heterocycles. The van der Waals surface area contributed by atoms with E-state index < -0.39 is 12.6 Å². The van der Waals surface area contributed by atoms with Crippen molar-refractivity contribution in [3.05, 3.63) is 93.5 Å². The van der Waals surface area contributed by atoms with Crippen molar-refractivity contribution in [1.29, 1.82) is 0 Å². The van der Waals surface area contributed by atoms with Crippen molar-refractivity contribution in [2.75, 3.05) is 11.5 Å². The van der Waals surface area contributed by atoms with E-state index in [-0.39, 0.29) is 56.5 Å². The van der Waals surface area contributed by atoms with Crippen LogP contribution in [-0.4, -0.2) is 44.8 Å². The van der Waals surface area contributed by atoms with Crippen LogP contribution in [0, 0.1) is 44.4 Å². The van der Waals surface area contributed by atoms with Crippen LogP contribution in [0.25, 0.3) is 22.2 Å². The lowest BCUT2D eigenvalue weighted by Crippen LogP contribution is -2.37. The van der Waals surface area contributed by atoms with E-state index in [2.05, 4.69) is 31.9 Å². The molecule has 4 aromatic rings. The Bertz CT molecular complexity index is 1950. The average molecular weight is 765 g/mol. The van der Waals surface area contributed by atoms with Gasteiger partial charge in [-0.3, -0.25) is 19.3 Å². The van der Waals surface area contributed by atoms with Crippen molar-refractivity contribution in [2.24, 2.45) is 23.7 Å². The minimum atomic E-state index is -0.659. The van der Waals surface area contributed by atoms with E-state index in [4.69, 9.17) is 21.3 Å². The molecular formula is C36H29Br2ClN2O5. The van der Waals surface area contributed by atoms with Gasteiger partial charge >= 0.3 is 5.97 Å². The summed E-state index contributed by atoms with van der Waals surface area (Å²) in [7, 11) is 0. The van der Waals surface area contributed by atoms with Crippen LogP contribution in [0.5, 0.6) is 0 Å². The van der Waals surface area contributed by atoms with Gasteiger partial charge in [0.25, 0.3) is 0 Å². The minimum Gasteiger partial charge on any atom is -0.454 e. The van der Waals surface area contributed by atoms with Gasteiger partial charge in [-0.25, -0.2) is 9.78 Å². The molecular weight excluding hydrogens is 736 g/mol. The van der Waals surface area contributed by atoms with E-state index in [1.54, 1.807) is 54.6 Å². The Morgan fingerprint density at radius 3 is 2.17 bits per heavy atom. The summed E-state index contributed by atoms with van der Waals surface area (Å²) >= 11 is 13.9. The van der Waals surface area contributed by atoms with Gasteiger partial charge in [0.15, 0.2) is 12.4 Å². The maximum atomic E-state index is 13.5. The third kappa shape index (κ3) is 4.93. The van der Waals surface area contributed by atoms with Crippen LogP contribution in [0.2, 0.25) is 5.02 Å². The van der Waals surface area contributed by atoms with Crippen LogP contribution in [0.3, 0.4) is 0 Å². The number of Topliss-reactive ketones (excluding diaryl/α,β-unsaturated/α-hetero) is 1. The number of alkyl halides is 2. The molecule has 3 fully saturated rings. The molecule has 1 aliphatic heterocycles. The number of anilines is 1. The number of pyridine rings is 1. The maximum Gasteiger partial charge on any atom is 0.339 e. The zero-order valence-corrected chi connectivity index (χ0v) is 29.1. The van der Waals surface area contributed by atoms with E-state index >= 15 is 0 Å². The number of amides is 2. The Morgan fingerprint density at radius 2 is 1.54 bits per heavy atom. The fourth-order valence-electron chi connectivity index (χ4n) is 7.31. The van der Waals surface area contributed by atoms with E-state index in [9.17, 15) is 19.2 Å². The van der Waals surface area contributed by atoms with Gasteiger partial charge in [0.1, 0.15) is 0 Å². The summed E-state index contributed by atoms with van der Waals surface area (Å²) in [5.74, 6) is -1.60. The van der Waals surface area contributed by atoms with E-state index in [1.807, 2.05) is 26.8 Å². The van der Waals surface area contributed by atoms with Gasteiger partial charge < -0.3 is 4.74 Å². The monoisotopic (exact) mass is 762 g/mol. The van der Waals surface area contributed by atoms with Crippen molar-refractivity contribution < 1.29 is 23.9 Å². The smallest absolute Gasteiger partial charge is 0.339 e. The third-order valence-corrected chi connectivity index (χ3v) is 13.6. The first kappa shape index (κ1) is 31.2.